The Balaban J connectivity index is 1.63. The summed E-state index contributed by atoms with van der Waals surface area (Å²) in [5, 5.41) is 3.21. The van der Waals surface area contributed by atoms with Crippen LogP contribution in [0, 0.1) is 12.3 Å². The van der Waals surface area contributed by atoms with E-state index >= 15 is 0 Å². The molecule has 1 fully saturated rings. The van der Waals surface area contributed by atoms with E-state index in [1.54, 1.807) is 30.0 Å². The van der Waals surface area contributed by atoms with Crippen LogP contribution in [0.2, 0.25) is 5.02 Å². The van der Waals surface area contributed by atoms with Crippen LogP contribution in [0.5, 0.6) is 0 Å². The summed E-state index contributed by atoms with van der Waals surface area (Å²) in [6, 6.07) is 4.86. The third-order valence-corrected chi connectivity index (χ3v) is 6.32. The fraction of sp³-hybridized carbons (Fsp3) is 0.458. The number of piperidine rings is 1. The average molecular weight is 443 g/mol. The number of benzene rings is 1. The second-order valence-electron chi connectivity index (χ2n) is 9.29. The molecule has 0 bridgehead atoms. The summed E-state index contributed by atoms with van der Waals surface area (Å²) in [5.41, 5.74) is 1.58. The van der Waals surface area contributed by atoms with Gasteiger partial charge in [0.05, 0.1) is 16.8 Å². The number of carbonyl (C=O) groups is 3. The fourth-order valence-electron chi connectivity index (χ4n) is 4.55. The number of fused-ring (bicyclic) bond motifs is 1. The van der Waals surface area contributed by atoms with E-state index < -0.39 is 5.91 Å². The third kappa shape index (κ3) is 4.26. The molecule has 2 heterocycles. The van der Waals surface area contributed by atoms with Crippen molar-refractivity contribution >= 4 is 34.9 Å². The van der Waals surface area contributed by atoms with E-state index in [-0.39, 0.29) is 22.9 Å². The van der Waals surface area contributed by atoms with Crippen molar-refractivity contribution in [3.8, 4) is 0 Å². The highest BCUT2D eigenvalue weighted by Gasteiger charge is 2.37. The van der Waals surface area contributed by atoms with Crippen LogP contribution in [-0.4, -0.2) is 35.6 Å². The number of ketones is 1. The van der Waals surface area contributed by atoms with Gasteiger partial charge in [0.2, 0.25) is 0 Å². The van der Waals surface area contributed by atoms with Crippen molar-refractivity contribution < 1.29 is 18.8 Å². The fourth-order valence-corrected chi connectivity index (χ4v) is 4.72. The molecule has 1 aromatic carbocycles. The standard InChI is InChI=1S/C24H27ClN2O4/c1-14-20-18(28)12-24(2,3)13-19(20)31-21(14)22(29)26-17-11-15(25)7-8-16(17)23(30)27-9-5-4-6-10-27/h7-8,11H,4-6,9-10,12-13H2,1-3H3,(H,26,29). The van der Waals surface area contributed by atoms with E-state index in [4.69, 9.17) is 16.0 Å². The number of halogens is 1. The predicted molar refractivity (Wildman–Crippen MR) is 119 cm³/mol. The number of rotatable bonds is 3. The number of nitrogens with zero attached hydrogens (tertiary/aromatic N) is 1. The van der Waals surface area contributed by atoms with Crippen LogP contribution in [-0.2, 0) is 6.42 Å². The molecule has 0 atom stereocenters. The molecule has 164 valence electrons. The third-order valence-electron chi connectivity index (χ3n) is 6.09. The quantitative estimate of drug-likeness (QED) is 0.701. The lowest BCUT2D eigenvalue weighted by Gasteiger charge is -2.27. The van der Waals surface area contributed by atoms with Crippen molar-refractivity contribution in [1.82, 2.24) is 4.90 Å². The van der Waals surface area contributed by atoms with Crippen molar-refractivity contribution in [2.75, 3.05) is 18.4 Å². The highest BCUT2D eigenvalue weighted by Crippen LogP contribution is 2.38. The minimum atomic E-state index is -0.493. The Labute approximate surface area is 186 Å². The second kappa shape index (κ2) is 8.15. The monoisotopic (exact) mass is 442 g/mol. The Morgan fingerprint density at radius 3 is 2.55 bits per heavy atom. The smallest absolute Gasteiger partial charge is 0.291 e. The maximum atomic E-state index is 13.1. The Hall–Kier alpha value is -2.60. The molecule has 4 rings (SSSR count). The first kappa shape index (κ1) is 21.6. The zero-order valence-electron chi connectivity index (χ0n) is 18.1. The van der Waals surface area contributed by atoms with Crippen LogP contribution in [0.4, 0.5) is 5.69 Å². The molecule has 7 heteroatoms. The number of nitrogens with one attached hydrogen (secondary N) is 1. The molecule has 2 aromatic rings. The van der Waals surface area contributed by atoms with Gasteiger partial charge in [0.15, 0.2) is 11.5 Å². The summed E-state index contributed by atoms with van der Waals surface area (Å²) in [5.74, 6) is 0.0359. The van der Waals surface area contributed by atoms with E-state index in [9.17, 15) is 14.4 Å². The molecule has 0 unspecified atom stereocenters. The lowest BCUT2D eigenvalue weighted by molar-refractivity contribution is 0.0725. The topological polar surface area (TPSA) is 79.6 Å². The molecule has 1 N–H and O–H groups in total. The normalized spacial score (nSPS) is 17.9. The van der Waals surface area contributed by atoms with Gasteiger partial charge in [-0.05, 0) is 49.8 Å². The van der Waals surface area contributed by atoms with E-state index in [1.165, 1.54) is 0 Å². The van der Waals surface area contributed by atoms with E-state index in [0.717, 1.165) is 19.3 Å². The molecule has 2 amide bonds. The highest BCUT2D eigenvalue weighted by atomic mass is 35.5. The lowest BCUT2D eigenvalue weighted by Crippen LogP contribution is -2.36. The molecule has 6 nitrogen and oxygen atoms in total. The van der Waals surface area contributed by atoms with Gasteiger partial charge in [-0.3, -0.25) is 14.4 Å². The first-order valence-corrected chi connectivity index (χ1v) is 11.1. The Morgan fingerprint density at radius 1 is 1.13 bits per heavy atom. The summed E-state index contributed by atoms with van der Waals surface area (Å²) in [4.78, 5) is 40.6. The van der Waals surface area contributed by atoms with Crippen LogP contribution in [0.25, 0.3) is 0 Å². The van der Waals surface area contributed by atoms with Gasteiger partial charge in [0.1, 0.15) is 5.76 Å². The van der Waals surface area contributed by atoms with Gasteiger partial charge in [-0.25, -0.2) is 0 Å². The van der Waals surface area contributed by atoms with Crippen molar-refractivity contribution in [2.45, 2.75) is 52.9 Å². The Bertz CT molecular complexity index is 1060. The number of hydrogen-bond acceptors (Lipinski definition) is 4. The summed E-state index contributed by atoms with van der Waals surface area (Å²) in [6.45, 7) is 7.16. The Kier molecular flexibility index (Phi) is 5.69. The number of furan rings is 1. The summed E-state index contributed by atoms with van der Waals surface area (Å²) in [6.07, 6.45) is 4.08. The molecule has 1 saturated heterocycles. The molecule has 1 aromatic heterocycles. The van der Waals surface area contributed by atoms with Gasteiger partial charge in [0.25, 0.3) is 11.8 Å². The molecule has 1 aliphatic heterocycles. The highest BCUT2D eigenvalue weighted by molar-refractivity contribution is 6.31. The molecule has 2 aliphatic rings. The van der Waals surface area contributed by atoms with Gasteiger partial charge in [-0.1, -0.05) is 25.4 Å². The molecule has 0 radical (unpaired) electrons. The van der Waals surface area contributed by atoms with Crippen molar-refractivity contribution in [1.29, 1.82) is 0 Å². The van der Waals surface area contributed by atoms with Gasteiger partial charge in [-0.2, -0.15) is 0 Å². The number of Topliss-reactive ketones (excluding diaryl/α,β-unsaturated/α-hetero) is 1. The largest absolute Gasteiger partial charge is 0.455 e. The first-order chi connectivity index (χ1) is 14.7. The molecule has 1 aliphatic carbocycles. The zero-order valence-corrected chi connectivity index (χ0v) is 18.9. The van der Waals surface area contributed by atoms with Gasteiger partial charge in [0, 0.05) is 36.5 Å². The van der Waals surface area contributed by atoms with E-state index in [0.29, 0.717) is 59.1 Å². The molecular formula is C24H27ClN2O4. The molecular weight excluding hydrogens is 416 g/mol. The van der Waals surface area contributed by atoms with Crippen molar-refractivity contribution in [3.63, 3.8) is 0 Å². The van der Waals surface area contributed by atoms with Gasteiger partial charge >= 0.3 is 0 Å². The maximum Gasteiger partial charge on any atom is 0.291 e. The van der Waals surface area contributed by atoms with Gasteiger partial charge in [-0.15, -0.1) is 0 Å². The number of carbonyl (C=O) groups excluding carboxylic acids is 3. The van der Waals surface area contributed by atoms with Crippen LogP contribution >= 0.6 is 11.6 Å². The van der Waals surface area contributed by atoms with E-state index in [1.807, 2.05) is 13.8 Å². The number of hydrogen-bond donors (Lipinski definition) is 1. The van der Waals surface area contributed by atoms with Crippen LogP contribution in [0.15, 0.2) is 22.6 Å². The zero-order chi connectivity index (χ0) is 22.3. The van der Waals surface area contributed by atoms with E-state index in [2.05, 4.69) is 5.32 Å². The SMILES string of the molecule is Cc1c(C(=O)Nc2cc(Cl)ccc2C(=O)N2CCCCC2)oc2c1C(=O)CC(C)(C)C2. The van der Waals surface area contributed by atoms with Crippen LogP contribution < -0.4 is 5.32 Å². The number of anilines is 1. The van der Waals surface area contributed by atoms with Crippen molar-refractivity contribution in [2.24, 2.45) is 5.41 Å². The summed E-state index contributed by atoms with van der Waals surface area (Å²) < 4.78 is 5.86. The number of amides is 2. The second-order valence-corrected chi connectivity index (χ2v) is 9.73. The maximum absolute atomic E-state index is 13.1. The van der Waals surface area contributed by atoms with Crippen LogP contribution in [0.3, 0.4) is 0 Å². The summed E-state index contributed by atoms with van der Waals surface area (Å²) >= 11 is 6.16. The predicted octanol–water partition coefficient (Wildman–Crippen LogP) is 5.27. The minimum Gasteiger partial charge on any atom is -0.455 e. The van der Waals surface area contributed by atoms with Crippen molar-refractivity contribution in [3.05, 3.63) is 51.4 Å². The van der Waals surface area contributed by atoms with Gasteiger partial charge < -0.3 is 14.6 Å². The lowest BCUT2D eigenvalue weighted by atomic mass is 9.76. The number of likely N-dealkylation sites (tertiary alicyclic amines) is 1. The average Bonchev–Trinajstić information content (AvgIpc) is 3.03. The minimum absolute atomic E-state index is 0.00438. The molecule has 0 spiro atoms. The summed E-state index contributed by atoms with van der Waals surface area (Å²) in [7, 11) is 0. The molecule has 0 saturated carbocycles. The first-order valence-electron chi connectivity index (χ1n) is 10.7. The Morgan fingerprint density at radius 2 is 1.84 bits per heavy atom. The molecule has 31 heavy (non-hydrogen) atoms. The van der Waals surface area contributed by atoms with Crippen LogP contribution in [0.1, 0.15) is 82.1 Å².